The van der Waals surface area contributed by atoms with Crippen molar-refractivity contribution in [2.45, 2.75) is 0 Å². The van der Waals surface area contributed by atoms with Crippen LogP contribution in [-0.4, -0.2) is 22.2 Å². The summed E-state index contributed by atoms with van der Waals surface area (Å²) in [7, 11) is 1.54. The Labute approximate surface area is 92.5 Å². The lowest BCUT2D eigenvalue weighted by atomic mass is 10.1. The van der Waals surface area contributed by atoms with E-state index in [0.29, 0.717) is 17.0 Å². The Morgan fingerprint density at radius 1 is 1.31 bits per heavy atom. The molecule has 0 bridgehead atoms. The van der Waals surface area contributed by atoms with Gasteiger partial charge in [-0.05, 0) is 18.2 Å². The third-order valence-electron chi connectivity index (χ3n) is 2.16. The number of phenols is 1. The van der Waals surface area contributed by atoms with Crippen molar-refractivity contribution in [3.63, 3.8) is 0 Å². The predicted octanol–water partition coefficient (Wildman–Crippen LogP) is 1.44. The number of nitrogen functional groups attached to an aromatic ring is 1. The van der Waals surface area contributed by atoms with Gasteiger partial charge in [0.05, 0.1) is 12.8 Å². The van der Waals surface area contributed by atoms with Gasteiger partial charge < -0.3 is 15.6 Å². The lowest BCUT2D eigenvalue weighted by Crippen LogP contribution is -1.95. The van der Waals surface area contributed by atoms with Gasteiger partial charge in [0, 0.05) is 17.8 Å². The number of nitrogens with two attached hydrogens (primary N) is 1. The summed E-state index contributed by atoms with van der Waals surface area (Å²) in [6.45, 7) is 0. The van der Waals surface area contributed by atoms with E-state index in [0.717, 1.165) is 0 Å². The molecule has 2 aromatic rings. The van der Waals surface area contributed by atoms with Crippen LogP contribution in [0.2, 0.25) is 0 Å². The first-order chi connectivity index (χ1) is 7.70. The molecule has 5 nitrogen and oxygen atoms in total. The summed E-state index contributed by atoms with van der Waals surface area (Å²) >= 11 is 0. The number of aromatic hydroxyl groups is 1. The molecule has 0 aliphatic carbocycles. The second-order valence-electron chi connectivity index (χ2n) is 3.18. The van der Waals surface area contributed by atoms with Crippen molar-refractivity contribution in [2.75, 3.05) is 12.8 Å². The summed E-state index contributed by atoms with van der Waals surface area (Å²) in [6.07, 6.45) is 1.54. The number of benzene rings is 1. The van der Waals surface area contributed by atoms with E-state index >= 15 is 0 Å². The molecule has 0 spiro atoms. The summed E-state index contributed by atoms with van der Waals surface area (Å²) in [5.74, 6) is 0.855. The van der Waals surface area contributed by atoms with Crippen molar-refractivity contribution in [2.24, 2.45) is 0 Å². The maximum atomic E-state index is 9.79. The predicted molar refractivity (Wildman–Crippen MR) is 60.1 cm³/mol. The Balaban J connectivity index is 2.48. The molecule has 0 aliphatic rings. The monoisotopic (exact) mass is 217 g/mol. The molecule has 0 radical (unpaired) electrons. The highest BCUT2D eigenvalue weighted by molar-refractivity contribution is 5.68. The van der Waals surface area contributed by atoms with Gasteiger partial charge in [-0.25, -0.2) is 9.97 Å². The van der Waals surface area contributed by atoms with Crippen molar-refractivity contribution in [3.8, 4) is 22.8 Å². The Bertz CT molecular complexity index is 514. The third kappa shape index (κ3) is 1.88. The molecule has 0 saturated heterocycles. The average molecular weight is 217 g/mol. The molecule has 3 N–H and O–H groups in total. The van der Waals surface area contributed by atoms with Crippen LogP contribution >= 0.6 is 0 Å². The molecule has 0 saturated carbocycles. The normalized spacial score (nSPS) is 10.1. The van der Waals surface area contributed by atoms with E-state index in [1.54, 1.807) is 24.4 Å². The van der Waals surface area contributed by atoms with E-state index in [-0.39, 0.29) is 11.7 Å². The molecule has 0 amide bonds. The molecule has 0 unspecified atom stereocenters. The Hall–Kier alpha value is -2.30. The fraction of sp³-hybridized carbons (Fsp3) is 0.0909. The average Bonchev–Trinajstić information content (AvgIpc) is 2.28. The number of hydrogen-bond acceptors (Lipinski definition) is 5. The fourth-order valence-corrected chi connectivity index (χ4v) is 1.38. The van der Waals surface area contributed by atoms with Crippen LogP contribution in [0.4, 0.5) is 5.95 Å². The van der Waals surface area contributed by atoms with Crippen LogP contribution in [-0.2, 0) is 0 Å². The summed E-state index contributed by atoms with van der Waals surface area (Å²) in [4.78, 5) is 7.81. The van der Waals surface area contributed by atoms with Crippen LogP contribution in [0, 0.1) is 0 Å². The second-order valence-corrected chi connectivity index (χ2v) is 3.18. The Morgan fingerprint density at radius 3 is 2.75 bits per heavy atom. The maximum Gasteiger partial charge on any atom is 0.220 e. The number of nitrogens with zero attached hydrogens (tertiary/aromatic N) is 2. The van der Waals surface area contributed by atoms with Crippen LogP contribution in [0.5, 0.6) is 11.5 Å². The minimum atomic E-state index is 0.0949. The molecule has 82 valence electrons. The van der Waals surface area contributed by atoms with Gasteiger partial charge in [0.15, 0.2) is 0 Å². The molecule has 2 rings (SSSR count). The van der Waals surface area contributed by atoms with E-state index in [9.17, 15) is 5.11 Å². The first kappa shape index (κ1) is 10.2. The number of phenolic OH excluding ortho intramolecular Hbond substituents is 1. The smallest absolute Gasteiger partial charge is 0.220 e. The quantitative estimate of drug-likeness (QED) is 0.795. The van der Waals surface area contributed by atoms with Gasteiger partial charge in [-0.3, -0.25) is 0 Å². The third-order valence-corrected chi connectivity index (χ3v) is 2.16. The van der Waals surface area contributed by atoms with E-state index in [4.69, 9.17) is 10.5 Å². The molecule has 0 aliphatic heterocycles. The molecule has 1 heterocycles. The van der Waals surface area contributed by atoms with Crippen molar-refractivity contribution >= 4 is 5.95 Å². The standard InChI is InChI=1S/C11H11N3O2/c1-16-7-2-3-8(10(15)6-7)9-4-5-13-11(12)14-9/h2-6,15H,1H3,(H2,12,13,14). The summed E-state index contributed by atoms with van der Waals surface area (Å²) in [5, 5.41) is 9.79. The zero-order valence-corrected chi connectivity index (χ0v) is 8.71. The van der Waals surface area contributed by atoms with Crippen LogP contribution in [0.3, 0.4) is 0 Å². The zero-order valence-electron chi connectivity index (χ0n) is 8.71. The summed E-state index contributed by atoms with van der Waals surface area (Å²) in [5.41, 5.74) is 6.64. The van der Waals surface area contributed by atoms with Gasteiger partial charge in [-0.15, -0.1) is 0 Å². The van der Waals surface area contributed by atoms with Gasteiger partial charge in [0.2, 0.25) is 5.95 Å². The van der Waals surface area contributed by atoms with Gasteiger partial charge in [-0.2, -0.15) is 0 Å². The Kier molecular flexibility index (Phi) is 2.59. The van der Waals surface area contributed by atoms with E-state index in [2.05, 4.69) is 9.97 Å². The number of anilines is 1. The highest BCUT2D eigenvalue weighted by Crippen LogP contribution is 2.31. The molecular weight excluding hydrogens is 206 g/mol. The van der Waals surface area contributed by atoms with E-state index in [1.807, 2.05) is 0 Å². The minimum absolute atomic E-state index is 0.0949. The van der Waals surface area contributed by atoms with Gasteiger partial charge in [0.1, 0.15) is 11.5 Å². The fourth-order valence-electron chi connectivity index (χ4n) is 1.38. The molecule has 1 aromatic carbocycles. The number of methoxy groups -OCH3 is 1. The molecule has 0 fully saturated rings. The highest BCUT2D eigenvalue weighted by Gasteiger charge is 2.07. The van der Waals surface area contributed by atoms with E-state index < -0.39 is 0 Å². The van der Waals surface area contributed by atoms with Gasteiger partial charge in [-0.1, -0.05) is 0 Å². The molecule has 16 heavy (non-hydrogen) atoms. The molecule has 5 heteroatoms. The lowest BCUT2D eigenvalue weighted by molar-refractivity contribution is 0.408. The second kappa shape index (κ2) is 4.06. The van der Waals surface area contributed by atoms with E-state index in [1.165, 1.54) is 13.2 Å². The van der Waals surface area contributed by atoms with Crippen LogP contribution in [0.15, 0.2) is 30.5 Å². The van der Waals surface area contributed by atoms with Crippen molar-refractivity contribution < 1.29 is 9.84 Å². The van der Waals surface area contributed by atoms with Crippen LogP contribution in [0.1, 0.15) is 0 Å². The van der Waals surface area contributed by atoms with Crippen LogP contribution in [0.25, 0.3) is 11.3 Å². The summed E-state index contributed by atoms with van der Waals surface area (Å²) in [6, 6.07) is 6.66. The molecule has 1 aromatic heterocycles. The van der Waals surface area contributed by atoms with Gasteiger partial charge in [0.25, 0.3) is 0 Å². The van der Waals surface area contributed by atoms with Crippen molar-refractivity contribution in [1.29, 1.82) is 0 Å². The number of rotatable bonds is 2. The van der Waals surface area contributed by atoms with Crippen molar-refractivity contribution in [3.05, 3.63) is 30.5 Å². The largest absolute Gasteiger partial charge is 0.507 e. The summed E-state index contributed by atoms with van der Waals surface area (Å²) < 4.78 is 4.99. The topological polar surface area (TPSA) is 81.3 Å². The first-order valence-corrected chi connectivity index (χ1v) is 4.66. The number of ether oxygens (including phenoxy) is 1. The maximum absolute atomic E-state index is 9.79. The zero-order chi connectivity index (χ0) is 11.5. The SMILES string of the molecule is COc1ccc(-c2ccnc(N)n2)c(O)c1. The highest BCUT2D eigenvalue weighted by atomic mass is 16.5. The lowest BCUT2D eigenvalue weighted by Gasteiger charge is -2.06. The Morgan fingerprint density at radius 2 is 2.12 bits per heavy atom. The van der Waals surface area contributed by atoms with Crippen molar-refractivity contribution in [1.82, 2.24) is 9.97 Å². The number of hydrogen-bond donors (Lipinski definition) is 2. The molecule has 0 atom stereocenters. The first-order valence-electron chi connectivity index (χ1n) is 4.66. The van der Waals surface area contributed by atoms with Crippen LogP contribution < -0.4 is 10.5 Å². The number of aromatic nitrogens is 2. The minimum Gasteiger partial charge on any atom is -0.507 e. The molecular formula is C11H11N3O2. The van der Waals surface area contributed by atoms with Gasteiger partial charge >= 0.3 is 0 Å².